The van der Waals surface area contributed by atoms with E-state index in [1.165, 1.54) is 12.1 Å². The van der Waals surface area contributed by atoms with Gasteiger partial charge in [0, 0.05) is 18.0 Å². The van der Waals surface area contributed by atoms with Gasteiger partial charge in [0.25, 0.3) is 0 Å². The molecule has 0 aliphatic carbocycles. The Morgan fingerprint density at radius 1 is 1.04 bits per heavy atom. The molecule has 2 rings (SSSR count). The highest BCUT2D eigenvalue weighted by molar-refractivity contribution is 7.89. The summed E-state index contributed by atoms with van der Waals surface area (Å²) >= 11 is 0. The molecular formula is C19H22F2N2O3S. The van der Waals surface area contributed by atoms with Gasteiger partial charge in [0.2, 0.25) is 15.9 Å². The second-order valence-electron chi connectivity index (χ2n) is 7.17. The summed E-state index contributed by atoms with van der Waals surface area (Å²) < 4.78 is 53.4. The fourth-order valence-corrected chi connectivity index (χ4v) is 3.78. The molecule has 0 atom stereocenters. The van der Waals surface area contributed by atoms with Crippen molar-refractivity contribution in [3.8, 4) is 0 Å². The third kappa shape index (κ3) is 6.41. The minimum absolute atomic E-state index is 0.0726. The summed E-state index contributed by atoms with van der Waals surface area (Å²) in [6.45, 7) is 5.25. The van der Waals surface area contributed by atoms with Gasteiger partial charge >= 0.3 is 0 Å². The highest BCUT2D eigenvalue weighted by Crippen LogP contribution is 2.17. The Balaban J connectivity index is 1.96. The van der Waals surface area contributed by atoms with Crippen LogP contribution < -0.4 is 10.0 Å². The Morgan fingerprint density at radius 3 is 2.22 bits per heavy atom. The number of aryl methyl sites for hydroxylation is 1. The van der Waals surface area contributed by atoms with Gasteiger partial charge < -0.3 is 5.32 Å². The quantitative estimate of drug-likeness (QED) is 0.783. The molecule has 146 valence electrons. The molecule has 2 N–H and O–H groups in total. The van der Waals surface area contributed by atoms with Crippen LogP contribution in [0.15, 0.2) is 47.4 Å². The number of sulfonamides is 1. The largest absolute Gasteiger partial charge is 0.324 e. The van der Waals surface area contributed by atoms with Gasteiger partial charge in [-0.15, -0.1) is 0 Å². The Labute approximate surface area is 157 Å². The zero-order valence-corrected chi connectivity index (χ0v) is 16.2. The van der Waals surface area contributed by atoms with Crippen LogP contribution in [0.1, 0.15) is 32.8 Å². The molecule has 0 fully saturated rings. The predicted molar refractivity (Wildman–Crippen MR) is 99.8 cm³/mol. The second-order valence-corrected chi connectivity index (χ2v) is 8.85. The number of nitrogens with one attached hydrogen (secondary N) is 2. The van der Waals surface area contributed by atoms with Gasteiger partial charge in [-0.25, -0.2) is 21.9 Å². The molecule has 0 bridgehead atoms. The van der Waals surface area contributed by atoms with E-state index >= 15 is 0 Å². The van der Waals surface area contributed by atoms with E-state index < -0.39 is 33.1 Å². The number of hydrogen-bond acceptors (Lipinski definition) is 3. The van der Waals surface area contributed by atoms with Crippen LogP contribution >= 0.6 is 0 Å². The summed E-state index contributed by atoms with van der Waals surface area (Å²) in [4.78, 5) is 12.1. The number of hydrogen-bond donors (Lipinski definition) is 2. The smallest absolute Gasteiger partial charge is 0.241 e. The minimum atomic E-state index is -3.62. The minimum Gasteiger partial charge on any atom is -0.324 e. The summed E-state index contributed by atoms with van der Waals surface area (Å²) in [5.74, 6) is -1.99. The third-order valence-corrected chi connectivity index (χ3v) is 5.29. The van der Waals surface area contributed by atoms with Crippen LogP contribution in [0.2, 0.25) is 0 Å². The average Bonchev–Trinajstić information content (AvgIpc) is 2.54. The molecule has 27 heavy (non-hydrogen) atoms. The number of halogens is 2. The van der Waals surface area contributed by atoms with Crippen molar-refractivity contribution in [2.75, 3.05) is 5.32 Å². The van der Waals surface area contributed by atoms with Crippen molar-refractivity contribution in [3.05, 3.63) is 59.7 Å². The maximum absolute atomic E-state index is 13.5. The van der Waals surface area contributed by atoms with Gasteiger partial charge in [0.05, 0.1) is 10.6 Å². The Kier molecular flexibility index (Phi) is 6.33. The normalized spacial score (nSPS) is 12.0. The lowest BCUT2D eigenvalue weighted by molar-refractivity contribution is -0.116. The molecule has 2 aromatic carbocycles. The van der Waals surface area contributed by atoms with E-state index in [4.69, 9.17) is 0 Å². The first kappa shape index (κ1) is 21.0. The molecule has 1 amide bonds. The van der Waals surface area contributed by atoms with Crippen molar-refractivity contribution in [1.29, 1.82) is 0 Å². The van der Waals surface area contributed by atoms with E-state index in [-0.39, 0.29) is 17.0 Å². The van der Waals surface area contributed by atoms with E-state index in [0.29, 0.717) is 12.5 Å². The number of carbonyl (C=O) groups is 1. The first-order valence-corrected chi connectivity index (χ1v) is 9.82. The number of amides is 1. The molecular weight excluding hydrogens is 374 g/mol. The molecule has 0 aliphatic rings. The van der Waals surface area contributed by atoms with Crippen molar-refractivity contribution in [1.82, 2.24) is 4.72 Å². The fraction of sp³-hybridized carbons (Fsp3) is 0.316. The van der Waals surface area contributed by atoms with Gasteiger partial charge in [0.15, 0.2) is 0 Å². The molecule has 0 unspecified atom stereocenters. The summed E-state index contributed by atoms with van der Waals surface area (Å²) in [6, 6.07) is 9.11. The van der Waals surface area contributed by atoms with Crippen molar-refractivity contribution in [2.45, 2.75) is 44.0 Å². The maximum atomic E-state index is 13.5. The topological polar surface area (TPSA) is 75.3 Å². The molecule has 0 spiro atoms. The lowest BCUT2D eigenvalue weighted by atomic mass is 10.1. The van der Waals surface area contributed by atoms with E-state index in [0.717, 1.165) is 17.7 Å². The number of benzene rings is 2. The highest BCUT2D eigenvalue weighted by atomic mass is 32.2. The zero-order valence-electron chi connectivity index (χ0n) is 15.3. The summed E-state index contributed by atoms with van der Waals surface area (Å²) in [6.07, 6.45) is 0.421. The van der Waals surface area contributed by atoms with E-state index in [9.17, 15) is 22.0 Å². The van der Waals surface area contributed by atoms with Crippen LogP contribution in [0.3, 0.4) is 0 Å². The van der Waals surface area contributed by atoms with Gasteiger partial charge in [-0.3, -0.25) is 4.79 Å². The molecule has 0 radical (unpaired) electrons. The van der Waals surface area contributed by atoms with Crippen LogP contribution in [0, 0.1) is 11.6 Å². The summed E-state index contributed by atoms with van der Waals surface area (Å²) in [7, 11) is -3.62. The van der Waals surface area contributed by atoms with Gasteiger partial charge in [-0.05, 0) is 57.0 Å². The third-order valence-electron chi connectivity index (χ3n) is 3.52. The number of anilines is 1. The van der Waals surface area contributed by atoms with Gasteiger partial charge in [-0.1, -0.05) is 12.1 Å². The summed E-state index contributed by atoms with van der Waals surface area (Å²) in [5, 5.41) is 2.38. The highest BCUT2D eigenvalue weighted by Gasteiger charge is 2.21. The number of carbonyl (C=O) groups excluding carboxylic acids is 1. The van der Waals surface area contributed by atoms with Crippen LogP contribution in [-0.2, 0) is 21.2 Å². The van der Waals surface area contributed by atoms with Crippen molar-refractivity contribution < 1.29 is 22.0 Å². The molecule has 0 heterocycles. The first-order chi connectivity index (χ1) is 12.5. The summed E-state index contributed by atoms with van der Waals surface area (Å²) in [5.41, 5.74) is 0.0844. The monoisotopic (exact) mass is 396 g/mol. The maximum Gasteiger partial charge on any atom is 0.241 e. The Bertz CT molecular complexity index is 921. The van der Waals surface area contributed by atoms with Gasteiger partial charge in [-0.2, -0.15) is 0 Å². The zero-order chi connectivity index (χ0) is 20.2. The van der Waals surface area contributed by atoms with E-state index in [2.05, 4.69) is 10.0 Å². The lowest BCUT2D eigenvalue weighted by Crippen LogP contribution is -2.40. The van der Waals surface area contributed by atoms with E-state index in [1.54, 1.807) is 32.9 Å². The molecule has 8 heteroatoms. The first-order valence-electron chi connectivity index (χ1n) is 8.34. The second kappa shape index (κ2) is 8.14. The molecule has 0 saturated heterocycles. The molecule has 2 aromatic rings. The van der Waals surface area contributed by atoms with Crippen LogP contribution in [0.25, 0.3) is 0 Å². The van der Waals surface area contributed by atoms with Crippen molar-refractivity contribution in [3.63, 3.8) is 0 Å². The average molecular weight is 396 g/mol. The molecule has 5 nitrogen and oxygen atoms in total. The molecule has 0 aromatic heterocycles. The Hall–Kier alpha value is -2.32. The van der Waals surface area contributed by atoms with Crippen molar-refractivity contribution in [2.24, 2.45) is 0 Å². The van der Waals surface area contributed by atoms with Crippen LogP contribution in [0.4, 0.5) is 14.5 Å². The lowest BCUT2D eigenvalue weighted by Gasteiger charge is -2.20. The molecule has 0 saturated carbocycles. The van der Waals surface area contributed by atoms with Crippen LogP contribution in [0.5, 0.6) is 0 Å². The fourth-order valence-electron chi connectivity index (χ4n) is 2.36. The number of rotatable bonds is 6. The van der Waals surface area contributed by atoms with Crippen molar-refractivity contribution >= 4 is 21.6 Å². The van der Waals surface area contributed by atoms with Crippen LogP contribution in [-0.4, -0.2) is 19.9 Å². The predicted octanol–water partition coefficient (Wildman–Crippen LogP) is 3.61. The van der Waals surface area contributed by atoms with Gasteiger partial charge in [0.1, 0.15) is 11.6 Å². The Morgan fingerprint density at radius 2 is 1.67 bits per heavy atom. The van der Waals surface area contributed by atoms with E-state index in [1.807, 2.05) is 0 Å². The molecule has 0 aliphatic heterocycles. The SMILES string of the molecule is CC(C)(C)NS(=O)(=O)c1ccc(CCC(=O)Nc2ccc(F)cc2F)cc1. The standard InChI is InChI=1S/C19H22F2N2O3S/c1-19(2,3)23-27(25,26)15-8-4-13(5-9-15)6-11-18(24)22-17-10-7-14(20)12-16(17)21/h4-5,7-10,12,23H,6,11H2,1-3H3,(H,22,24).